The Labute approximate surface area is 176 Å². The molecule has 0 radical (unpaired) electrons. The Hall–Kier alpha value is -3.25. The zero-order valence-corrected chi connectivity index (χ0v) is 17.5. The molecule has 1 aromatic heterocycles. The molecule has 6 heteroatoms. The second kappa shape index (κ2) is 8.24. The average Bonchev–Trinajstić information content (AvgIpc) is 3.59. The molecule has 6 nitrogen and oxygen atoms in total. The third kappa shape index (κ3) is 4.33. The van der Waals surface area contributed by atoms with Crippen LogP contribution in [0.5, 0.6) is 0 Å². The predicted molar refractivity (Wildman–Crippen MR) is 121 cm³/mol. The Balaban J connectivity index is 1.60. The van der Waals surface area contributed by atoms with Gasteiger partial charge in [-0.15, -0.1) is 0 Å². The number of amides is 1. The van der Waals surface area contributed by atoms with Crippen molar-refractivity contribution in [3.63, 3.8) is 0 Å². The Morgan fingerprint density at radius 2 is 1.93 bits per heavy atom. The fourth-order valence-electron chi connectivity index (χ4n) is 3.35. The van der Waals surface area contributed by atoms with Crippen molar-refractivity contribution in [2.45, 2.75) is 32.8 Å². The standard InChI is InChI=1S/C24H26N4O2/c1-14-4-9-20(27-24(29)15(2)30-3)12-21(14)18-8-7-17-11-22(26-13-19(17)10-18)28-23(25)16-5-6-16/h4,7-13,15-16H,5-6H2,1-3H3,(H,27,29)(H2,25,26,28)/t15-/m0/s1. The zero-order valence-electron chi connectivity index (χ0n) is 17.5. The number of amidine groups is 1. The summed E-state index contributed by atoms with van der Waals surface area (Å²) < 4.78 is 5.08. The van der Waals surface area contributed by atoms with Gasteiger partial charge in [-0.25, -0.2) is 4.98 Å². The van der Waals surface area contributed by atoms with Crippen molar-refractivity contribution in [3.8, 4) is 11.1 Å². The highest BCUT2D eigenvalue weighted by atomic mass is 16.5. The number of nitrogens with one attached hydrogen (secondary N) is 3. The van der Waals surface area contributed by atoms with Gasteiger partial charge in [-0.05, 0) is 73.0 Å². The number of pyridine rings is 1. The summed E-state index contributed by atoms with van der Waals surface area (Å²) in [5.74, 6) is 1.45. The third-order valence-corrected chi connectivity index (χ3v) is 5.51. The van der Waals surface area contributed by atoms with Gasteiger partial charge < -0.3 is 15.4 Å². The van der Waals surface area contributed by atoms with Gasteiger partial charge >= 0.3 is 0 Å². The van der Waals surface area contributed by atoms with Crippen LogP contribution in [-0.4, -0.2) is 29.9 Å². The number of ether oxygens (including phenoxy) is 1. The van der Waals surface area contributed by atoms with Gasteiger partial charge in [0.2, 0.25) is 0 Å². The lowest BCUT2D eigenvalue weighted by atomic mass is 9.97. The van der Waals surface area contributed by atoms with Crippen molar-refractivity contribution in [2.24, 2.45) is 5.92 Å². The van der Waals surface area contributed by atoms with E-state index in [4.69, 9.17) is 10.1 Å². The molecule has 1 aliphatic carbocycles. The number of benzene rings is 2. The third-order valence-electron chi connectivity index (χ3n) is 5.51. The Morgan fingerprint density at radius 1 is 1.13 bits per heavy atom. The number of carbonyl (C=O) groups excluding carboxylic acids is 1. The van der Waals surface area contributed by atoms with Crippen molar-refractivity contribution in [1.82, 2.24) is 4.98 Å². The van der Waals surface area contributed by atoms with E-state index in [-0.39, 0.29) is 5.91 Å². The van der Waals surface area contributed by atoms with Gasteiger partial charge in [0.1, 0.15) is 17.8 Å². The molecule has 0 bridgehead atoms. The maximum Gasteiger partial charge on any atom is 0.253 e. The quantitative estimate of drug-likeness (QED) is 0.401. The Morgan fingerprint density at radius 3 is 2.67 bits per heavy atom. The van der Waals surface area contributed by atoms with Crippen LogP contribution in [0.25, 0.3) is 21.9 Å². The molecule has 1 atom stereocenters. The molecule has 1 aliphatic rings. The number of fused-ring (bicyclic) bond motifs is 1. The van der Waals surface area contributed by atoms with Crippen LogP contribution in [0.4, 0.5) is 11.5 Å². The van der Waals surface area contributed by atoms with E-state index >= 15 is 0 Å². The zero-order chi connectivity index (χ0) is 21.3. The van der Waals surface area contributed by atoms with Crippen molar-refractivity contribution < 1.29 is 9.53 Å². The average molecular weight is 402 g/mol. The molecule has 3 N–H and O–H groups in total. The number of hydrogen-bond acceptors (Lipinski definition) is 4. The summed E-state index contributed by atoms with van der Waals surface area (Å²) in [6, 6.07) is 14.1. The fraction of sp³-hybridized carbons (Fsp3) is 0.292. The van der Waals surface area contributed by atoms with E-state index in [1.807, 2.05) is 30.5 Å². The highest BCUT2D eigenvalue weighted by Gasteiger charge is 2.26. The van der Waals surface area contributed by atoms with Gasteiger partial charge in [0.05, 0.1) is 0 Å². The minimum absolute atomic E-state index is 0.174. The summed E-state index contributed by atoms with van der Waals surface area (Å²) in [5, 5.41) is 16.1. The molecule has 1 fully saturated rings. The second-order valence-electron chi connectivity index (χ2n) is 7.84. The summed E-state index contributed by atoms with van der Waals surface area (Å²) in [6.45, 7) is 3.77. The maximum absolute atomic E-state index is 12.1. The normalized spacial score (nSPS) is 14.4. The lowest BCUT2D eigenvalue weighted by Crippen LogP contribution is -2.26. The van der Waals surface area contributed by atoms with Gasteiger partial charge in [0, 0.05) is 30.3 Å². The number of anilines is 2. The van der Waals surface area contributed by atoms with Crippen LogP contribution in [0.3, 0.4) is 0 Å². The molecule has 154 valence electrons. The molecule has 4 rings (SSSR count). The van der Waals surface area contributed by atoms with E-state index < -0.39 is 6.10 Å². The molecule has 1 saturated carbocycles. The van der Waals surface area contributed by atoms with E-state index in [1.165, 1.54) is 7.11 Å². The van der Waals surface area contributed by atoms with E-state index in [0.717, 1.165) is 46.0 Å². The fourth-order valence-corrected chi connectivity index (χ4v) is 3.35. The van der Waals surface area contributed by atoms with Gasteiger partial charge in [-0.1, -0.05) is 18.2 Å². The van der Waals surface area contributed by atoms with Crippen LogP contribution in [0.15, 0.2) is 48.7 Å². The van der Waals surface area contributed by atoms with E-state index in [1.54, 1.807) is 6.92 Å². The van der Waals surface area contributed by atoms with Crippen LogP contribution in [-0.2, 0) is 9.53 Å². The molecular weight excluding hydrogens is 376 g/mol. The van der Waals surface area contributed by atoms with Crippen LogP contribution in [0.1, 0.15) is 25.3 Å². The summed E-state index contributed by atoms with van der Waals surface area (Å²) in [4.78, 5) is 16.6. The number of carbonyl (C=O) groups is 1. The van der Waals surface area contributed by atoms with Gasteiger partial charge in [0.25, 0.3) is 5.91 Å². The first-order chi connectivity index (χ1) is 14.4. The topological polar surface area (TPSA) is 87.1 Å². The summed E-state index contributed by atoms with van der Waals surface area (Å²) >= 11 is 0. The molecule has 2 aromatic carbocycles. The summed E-state index contributed by atoms with van der Waals surface area (Å²) in [6.07, 6.45) is 3.51. The minimum Gasteiger partial charge on any atom is -0.372 e. The molecule has 1 amide bonds. The van der Waals surface area contributed by atoms with E-state index in [0.29, 0.717) is 17.6 Å². The van der Waals surface area contributed by atoms with Crippen LogP contribution >= 0.6 is 0 Å². The molecular formula is C24H26N4O2. The summed E-state index contributed by atoms with van der Waals surface area (Å²) in [5.41, 5.74) is 3.97. The second-order valence-corrected chi connectivity index (χ2v) is 7.84. The molecule has 1 heterocycles. The van der Waals surface area contributed by atoms with Crippen LogP contribution < -0.4 is 10.6 Å². The Bertz CT molecular complexity index is 1120. The molecule has 0 saturated heterocycles. The molecule has 30 heavy (non-hydrogen) atoms. The van der Waals surface area contributed by atoms with Crippen LogP contribution in [0.2, 0.25) is 0 Å². The lowest BCUT2D eigenvalue weighted by Gasteiger charge is -2.14. The van der Waals surface area contributed by atoms with Crippen LogP contribution in [0, 0.1) is 18.3 Å². The smallest absolute Gasteiger partial charge is 0.253 e. The largest absolute Gasteiger partial charge is 0.372 e. The first kappa shape index (κ1) is 20.0. The lowest BCUT2D eigenvalue weighted by molar-refractivity contribution is -0.124. The van der Waals surface area contributed by atoms with Crippen molar-refractivity contribution >= 4 is 34.0 Å². The van der Waals surface area contributed by atoms with E-state index in [2.05, 4.69) is 40.7 Å². The predicted octanol–water partition coefficient (Wildman–Crippen LogP) is 4.98. The van der Waals surface area contributed by atoms with Gasteiger partial charge in [0.15, 0.2) is 0 Å². The summed E-state index contributed by atoms with van der Waals surface area (Å²) in [7, 11) is 1.52. The van der Waals surface area contributed by atoms with Gasteiger partial charge in [-0.3, -0.25) is 10.2 Å². The number of rotatable bonds is 6. The van der Waals surface area contributed by atoms with Crippen molar-refractivity contribution in [2.75, 3.05) is 17.7 Å². The highest BCUT2D eigenvalue weighted by molar-refractivity contribution is 5.98. The van der Waals surface area contributed by atoms with E-state index in [9.17, 15) is 4.79 Å². The van der Waals surface area contributed by atoms with Crippen molar-refractivity contribution in [3.05, 3.63) is 54.2 Å². The molecule has 0 spiro atoms. The SMILES string of the molecule is CO[C@@H](C)C(=O)Nc1ccc(C)c(-c2ccc3cc(NC(=N)C4CC4)ncc3c2)c1. The Kier molecular flexibility index (Phi) is 5.50. The minimum atomic E-state index is -0.509. The number of hydrogen-bond donors (Lipinski definition) is 3. The first-order valence-corrected chi connectivity index (χ1v) is 10.1. The van der Waals surface area contributed by atoms with Gasteiger partial charge in [-0.2, -0.15) is 0 Å². The first-order valence-electron chi connectivity index (χ1n) is 10.1. The maximum atomic E-state index is 12.1. The molecule has 0 aliphatic heterocycles. The number of aromatic nitrogens is 1. The van der Waals surface area contributed by atoms with Crippen molar-refractivity contribution in [1.29, 1.82) is 5.41 Å². The number of aryl methyl sites for hydroxylation is 1. The highest BCUT2D eigenvalue weighted by Crippen LogP contribution is 2.32. The number of methoxy groups -OCH3 is 1. The molecule has 0 unspecified atom stereocenters. The number of nitrogens with zero attached hydrogens (tertiary/aromatic N) is 1. The monoisotopic (exact) mass is 402 g/mol. The molecule has 3 aromatic rings.